The van der Waals surface area contributed by atoms with E-state index in [2.05, 4.69) is 12.0 Å². The van der Waals surface area contributed by atoms with E-state index in [0.29, 0.717) is 18.7 Å². The standard InChI is InChI=1S/C10H15ClN2O2/c1-3-5-6-13-9(11)8(10(14)15)7(4-2)12-13/h3-6H2,1-2H3,(H,14,15). The molecule has 0 unspecified atom stereocenters. The van der Waals surface area contributed by atoms with E-state index in [-0.39, 0.29) is 10.7 Å². The highest BCUT2D eigenvalue weighted by Gasteiger charge is 2.20. The summed E-state index contributed by atoms with van der Waals surface area (Å²) in [5.41, 5.74) is 0.707. The Labute approximate surface area is 93.9 Å². The van der Waals surface area contributed by atoms with Crippen LogP contribution in [0.4, 0.5) is 0 Å². The second-order valence-corrected chi connectivity index (χ2v) is 3.71. The summed E-state index contributed by atoms with van der Waals surface area (Å²) in [5.74, 6) is -1.00. The minimum absolute atomic E-state index is 0.148. The van der Waals surface area contributed by atoms with E-state index >= 15 is 0 Å². The molecule has 5 heteroatoms. The molecular weight excluding hydrogens is 216 g/mol. The van der Waals surface area contributed by atoms with Crippen molar-refractivity contribution in [1.82, 2.24) is 9.78 Å². The molecule has 0 bridgehead atoms. The zero-order valence-electron chi connectivity index (χ0n) is 8.96. The Morgan fingerprint density at radius 3 is 2.60 bits per heavy atom. The quantitative estimate of drug-likeness (QED) is 0.846. The summed E-state index contributed by atoms with van der Waals surface area (Å²) in [7, 11) is 0. The van der Waals surface area contributed by atoms with E-state index in [1.807, 2.05) is 6.92 Å². The summed E-state index contributed by atoms with van der Waals surface area (Å²) in [5, 5.41) is 13.4. The number of hydrogen-bond acceptors (Lipinski definition) is 2. The largest absolute Gasteiger partial charge is 0.478 e. The van der Waals surface area contributed by atoms with Gasteiger partial charge in [-0.25, -0.2) is 4.79 Å². The van der Waals surface area contributed by atoms with E-state index < -0.39 is 5.97 Å². The number of aromatic carboxylic acids is 1. The van der Waals surface area contributed by atoms with Crippen molar-refractivity contribution in [1.29, 1.82) is 0 Å². The zero-order chi connectivity index (χ0) is 11.4. The van der Waals surface area contributed by atoms with Crippen LogP contribution in [0.25, 0.3) is 0 Å². The minimum Gasteiger partial charge on any atom is -0.478 e. The molecule has 4 nitrogen and oxygen atoms in total. The lowest BCUT2D eigenvalue weighted by atomic mass is 10.2. The summed E-state index contributed by atoms with van der Waals surface area (Å²) in [6, 6.07) is 0. The Bertz CT molecular complexity index is 361. The van der Waals surface area contributed by atoms with Crippen LogP contribution < -0.4 is 0 Å². The number of aryl methyl sites for hydroxylation is 2. The Kier molecular flexibility index (Phi) is 4.15. The predicted octanol–water partition coefficient (Wildman–Crippen LogP) is 2.60. The van der Waals surface area contributed by atoms with Crippen molar-refractivity contribution in [3.63, 3.8) is 0 Å². The predicted molar refractivity (Wildman–Crippen MR) is 58.5 cm³/mol. The van der Waals surface area contributed by atoms with Gasteiger partial charge in [0.25, 0.3) is 0 Å². The first-order valence-electron chi connectivity index (χ1n) is 5.10. The highest BCUT2D eigenvalue weighted by atomic mass is 35.5. The first-order chi connectivity index (χ1) is 7.11. The summed E-state index contributed by atoms with van der Waals surface area (Å²) in [6.45, 7) is 4.61. The van der Waals surface area contributed by atoms with E-state index in [9.17, 15) is 4.79 Å². The molecule has 0 atom stereocenters. The minimum atomic E-state index is -1.00. The third-order valence-corrected chi connectivity index (χ3v) is 2.62. The Morgan fingerprint density at radius 1 is 1.53 bits per heavy atom. The molecule has 15 heavy (non-hydrogen) atoms. The Morgan fingerprint density at radius 2 is 2.20 bits per heavy atom. The van der Waals surface area contributed by atoms with E-state index in [4.69, 9.17) is 16.7 Å². The molecule has 0 saturated carbocycles. The average Bonchev–Trinajstić information content (AvgIpc) is 2.52. The smallest absolute Gasteiger partial charge is 0.340 e. The van der Waals surface area contributed by atoms with Crippen LogP contribution >= 0.6 is 11.6 Å². The molecule has 84 valence electrons. The molecule has 1 heterocycles. The maximum atomic E-state index is 11.0. The fraction of sp³-hybridized carbons (Fsp3) is 0.600. The molecule has 1 rings (SSSR count). The number of carboxylic acid groups (broad SMARTS) is 1. The third kappa shape index (κ3) is 2.50. The van der Waals surface area contributed by atoms with Gasteiger partial charge in [-0.2, -0.15) is 5.10 Å². The van der Waals surface area contributed by atoms with Gasteiger partial charge in [-0.1, -0.05) is 31.9 Å². The van der Waals surface area contributed by atoms with Crippen LogP contribution in [0.3, 0.4) is 0 Å². The third-order valence-electron chi connectivity index (χ3n) is 2.24. The molecule has 1 aromatic heterocycles. The molecule has 0 aromatic carbocycles. The zero-order valence-corrected chi connectivity index (χ0v) is 9.71. The van der Waals surface area contributed by atoms with E-state index in [0.717, 1.165) is 12.8 Å². The number of rotatable bonds is 5. The fourth-order valence-corrected chi connectivity index (χ4v) is 1.72. The molecule has 0 spiro atoms. The fourth-order valence-electron chi connectivity index (χ4n) is 1.40. The molecule has 1 aromatic rings. The van der Waals surface area contributed by atoms with Crippen LogP contribution in [-0.4, -0.2) is 20.9 Å². The van der Waals surface area contributed by atoms with Crippen LogP contribution in [0.2, 0.25) is 5.15 Å². The lowest BCUT2D eigenvalue weighted by Gasteiger charge is -2.00. The maximum absolute atomic E-state index is 11.0. The molecule has 0 aliphatic rings. The SMILES string of the molecule is CCCCn1nc(CC)c(C(=O)O)c1Cl. The average molecular weight is 231 g/mol. The topological polar surface area (TPSA) is 55.1 Å². The molecule has 0 fully saturated rings. The molecule has 0 radical (unpaired) electrons. The van der Waals surface area contributed by atoms with Gasteiger partial charge in [0.1, 0.15) is 10.7 Å². The highest BCUT2D eigenvalue weighted by molar-refractivity contribution is 6.32. The number of aromatic nitrogens is 2. The van der Waals surface area contributed by atoms with Gasteiger partial charge >= 0.3 is 5.97 Å². The van der Waals surface area contributed by atoms with Crippen LogP contribution in [0.1, 0.15) is 42.7 Å². The molecule has 0 amide bonds. The molecular formula is C10H15ClN2O2. The van der Waals surface area contributed by atoms with Crippen molar-refractivity contribution in [3.8, 4) is 0 Å². The van der Waals surface area contributed by atoms with E-state index in [1.54, 1.807) is 4.68 Å². The summed E-state index contributed by atoms with van der Waals surface area (Å²) < 4.78 is 1.58. The van der Waals surface area contributed by atoms with Gasteiger partial charge in [0, 0.05) is 6.54 Å². The number of unbranched alkanes of at least 4 members (excludes halogenated alkanes) is 1. The highest BCUT2D eigenvalue weighted by Crippen LogP contribution is 2.21. The second kappa shape index (κ2) is 5.16. The lowest BCUT2D eigenvalue weighted by molar-refractivity contribution is 0.0696. The summed E-state index contributed by atoms with van der Waals surface area (Å²) in [6.07, 6.45) is 2.56. The van der Waals surface area contributed by atoms with Crippen molar-refractivity contribution in [3.05, 3.63) is 16.4 Å². The molecule has 0 aliphatic heterocycles. The van der Waals surface area contributed by atoms with Crippen LogP contribution in [0.5, 0.6) is 0 Å². The Balaban J connectivity index is 3.04. The first-order valence-corrected chi connectivity index (χ1v) is 5.48. The van der Waals surface area contributed by atoms with Gasteiger partial charge in [-0.15, -0.1) is 0 Å². The summed E-state index contributed by atoms with van der Waals surface area (Å²) >= 11 is 5.96. The van der Waals surface area contributed by atoms with Crippen molar-refractivity contribution >= 4 is 17.6 Å². The van der Waals surface area contributed by atoms with Gasteiger partial charge < -0.3 is 5.11 Å². The van der Waals surface area contributed by atoms with Gasteiger partial charge in [0.05, 0.1) is 5.69 Å². The van der Waals surface area contributed by atoms with Crippen LogP contribution in [0, 0.1) is 0 Å². The van der Waals surface area contributed by atoms with Gasteiger partial charge in [0.2, 0.25) is 0 Å². The van der Waals surface area contributed by atoms with Gasteiger partial charge in [-0.05, 0) is 12.8 Å². The van der Waals surface area contributed by atoms with Gasteiger partial charge in [0.15, 0.2) is 0 Å². The van der Waals surface area contributed by atoms with Crippen LogP contribution in [0.15, 0.2) is 0 Å². The van der Waals surface area contributed by atoms with Crippen molar-refractivity contribution in [2.24, 2.45) is 0 Å². The van der Waals surface area contributed by atoms with E-state index in [1.165, 1.54) is 0 Å². The maximum Gasteiger partial charge on any atom is 0.340 e. The summed E-state index contributed by atoms with van der Waals surface area (Å²) in [4.78, 5) is 11.0. The molecule has 0 saturated heterocycles. The Hall–Kier alpha value is -1.03. The number of carbonyl (C=O) groups is 1. The number of carboxylic acids is 1. The van der Waals surface area contributed by atoms with Crippen molar-refractivity contribution in [2.75, 3.05) is 0 Å². The monoisotopic (exact) mass is 230 g/mol. The van der Waals surface area contributed by atoms with Crippen molar-refractivity contribution < 1.29 is 9.90 Å². The van der Waals surface area contributed by atoms with Gasteiger partial charge in [-0.3, -0.25) is 4.68 Å². The number of hydrogen-bond donors (Lipinski definition) is 1. The first kappa shape index (κ1) is 12.0. The molecule has 0 aliphatic carbocycles. The lowest BCUT2D eigenvalue weighted by Crippen LogP contribution is -2.01. The molecule has 1 N–H and O–H groups in total. The number of halogens is 1. The number of nitrogens with zero attached hydrogens (tertiary/aromatic N) is 2. The van der Waals surface area contributed by atoms with Crippen LogP contribution in [-0.2, 0) is 13.0 Å². The normalized spacial score (nSPS) is 10.6. The van der Waals surface area contributed by atoms with Crippen molar-refractivity contribution in [2.45, 2.75) is 39.7 Å². The second-order valence-electron chi connectivity index (χ2n) is 3.35.